The molecule has 4 nitrogen and oxygen atoms in total. The van der Waals surface area contributed by atoms with Crippen molar-refractivity contribution in [1.82, 2.24) is 0 Å². The first-order chi connectivity index (χ1) is 14.8. The molecule has 0 unspecified atom stereocenters. The van der Waals surface area contributed by atoms with E-state index in [1.165, 1.54) is 12.8 Å². The van der Waals surface area contributed by atoms with E-state index in [4.69, 9.17) is 4.74 Å². The average molecular weight is 486 g/mol. The Morgan fingerprint density at radius 3 is 1.69 bits per heavy atom. The van der Waals surface area contributed by atoms with E-state index in [9.17, 15) is 44.7 Å². The molecule has 0 saturated carbocycles. The monoisotopic (exact) mass is 486 g/mol. The van der Waals surface area contributed by atoms with E-state index in [0.717, 1.165) is 25.7 Å². The lowest BCUT2D eigenvalue weighted by molar-refractivity contribution is -0.344. The molecule has 0 N–H and O–H groups in total. The van der Waals surface area contributed by atoms with Gasteiger partial charge in [-0.1, -0.05) is 45.4 Å². The van der Waals surface area contributed by atoms with Crippen molar-refractivity contribution in [3.63, 3.8) is 0 Å². The number of rotatable bonds is 18. The highest BCUT2D eigenvalue weighted by Crippen LogP contribution is 2.48. The van der Waals surface area contributed by atoms with Crippen LogP contribution >= 0.6 is 0 Å². The molecule has 0 saturated heterocycles. The predicted molar refractivity (Wildman–Crippen MR) is 99.2 cm³/mol. The Morgan fingerprint density at radius 1 is 0.719 bits per heavy atom. The van der Waals surface area contributed by atoms with Crippen LogP contribution in [0.4, 0.5) is 35.1 Å². The van der Waals surface area contributed by atoms with Gasteiger partial charge in [0.05, 0.1) is 6.61 Å². The topological polar surface area (TPSA) is 52.6 Å². The van der Waals surface area contributed by atoms with E-state index in [-0.39, 0.29) is 25.9 Å². The quantitative estimate of drug-likeness (QED) is 0.125. The number of unbranched alkanes of at least 4 members (excludes halogenated alkanes) is 7. The zero-order chi connectivity index (χ0) is 24.8. The molecule has 0 aliphatic heterocycles. The fraction of sp³-hybridized carbons (Fsp3) is 0.900. The highest BCUT2D eigenvalue weighted by atomic mass is 19.4. The van der Waals surface area contributed by atoms with Crippen LogP contribution in [0.25, 0.3) is 0 Å². The molecule has 0 aliphatic carbocycles. The Balaban J connectivity index is 4.03. The molecule has 0 aromatic rings. The largest absolute Gasteiger partial charge is 0.466 e. The van der Waals surface area contributed by atoms with Crippen LogP contribution in [0.1, 0.15) is 77.6 Å². The van der Waals surface area contributed by atoms with Gasteiger partial charge in [-0.2, -0.15) is 26.3 Å². The van der Waals surface area contributed by atoms with Crippen molar-refractivity contribution in [2.45, 2.75) is 102 Å². The molecule has 0 aliphatic rings. The van der Waals surface area contributed by atoms with Gasteiger partial charge in [-0.05, 0) is 19.3 Å². The maximum Gasteiger partial charge on any atom is 0.381 e. The minimum absolute atomic E-state index is 0.0412. The van der Waals surface area contributed by atoms with E-state index >= 15 is 0 Å². The summed E-state index contributed by atoms with van der Waals surface area (Å²) in [7, 11) is 0. The van der Waals surface area contributed by atoms with E-state index in [2.05, 4.69) is 11.7 Å². The van der Waals surface area contributed by atoms with Crippen molar-refractivity contribution >= 4 is 11.9 Å². The molecule has 0 rings (SSSR count). The molecule has 12 heteroatoms. The summed E-state index contributed by atoms with van der Waals surface area (Å²) < 4.78 is 111. The Hall–Kier alpha value is -1.62. The maximum absolute atomic E-state index is 13.3. The Morgan fingerprint density at radius 2 is 1.19 bits per heavy atom. The second-order valence-corrected chi connectivity index (χ2v) is 7.41. The first kappa shape index (κ1) is 30.4. The summed E-state index contributed by atoms with van der Waals surface area (Å²) in [5.74, 6) is -20.4. The molecule has 0 atom stereocenters. The summed E-state index contributed by atoms with van der Waals surface area (Å²) in [5, 5.41) is 0. The van der Waals surface area contributed by atoms with E-state index in [1.54, 1.807) is 0 Å². The van der Waals surface area contributed by atoms with Crippen molar-refractivity contribution < 1.29 is 54.2 Å². The number of carbonyl (C=O) groups excluding carboxylic acids is 2. The van der Waals surface area contributed by atoms with Crippen LogP contribution in [0, 0.1) is 0 Å². The van der Waals surface area contributed by atoms with Crippen LogP contribution in [0.15, 0.2) is 0 Å². The molecule has 190 valence electrons. The van der Waals surface area contributed by atoms with Gasteiger partial charge in [0.1, 0.15) is 0 Å². The molecule has 0 aromatic heterocycles. The van der Waals surface area contributed by atoms with Gasteiger partial charge in [0.15, 0.2) is 6.61 Å². The van der Waals surface area contributed by atoms with Crippen molar-refractivity contribution in [1.29, 1.82) is 0 Å². The van der Waals surface area contributed by atoms with Gasteiger partial charge in [0.2, 0.25) is 0 Å². The molecule has 0 fully saturated rings. The molecule has 0 radical (unpaired) electrons. The molecular formula is C20H30F8O4. The smallest absolute Gasteiger partial charge is 0.381 e. The number of ether oxygens (including phenoxy) is 2. The predicted octanol–water partition coefficient (Wildman–Crippen LogP) is 6.55. The minimum atomic E-state index is -6.42. The van der Waals surface area contributed by atoms with Crippen LogP contribution in [-0.2, 0) is 19.1 Å². The third-order valence-electron chi connectivity index (χ3n) is 4.59. The van der Waals surface area contributed by atoms with Gasteiger partial charge in [0.25, 0.3) is 0 Å². The zero-order valence-electron chi connectivity index (χ0n) is 17.9. The summed E-state index contributed by atoms with van der Waals surface area (Å²) in [4.78, 5) is 22.9. The Kier molecular flexibility index (Phi) is 13.8. The van der Waals surface area contributed by atoms with Crippen LogP contribution in [-0.4, -0.2) is 49.3 Å². The number of alkyl halides is 8. The van der Waals surface area contributed by atoms with Gasteiger partial charge in [-0.3, -0.25) is 9.59 Å². The summed E-state index contributed by atoms with van der Waals surface area (Å²) in [6.45, 7) is -0.116. The van der Waals surface area contributed by atoms with Gasteiger partial charge < -0.3 is 9.47 Å². The molecule has 0 heterocycles. The number of carbonyl (C=O) groups is 2. The fourth-order valence-electron chi connectivity index (χ4n) is 2.57. The van der Waals surface area contributed by atoms with Crippen molar-refractivity contribution in [3.8, 4) is 0 Å². The molecule has 32 heavy (non-hydrogen) atoms. The second-order valence-electron chi connectivity index (χ2n) is 7.41. The first-order valence-electron chi connectivity index (χ1n) is 10.5. The number of halogens is 8. The van der Waals surface area contributed by atoms with Crippen molar-refractivity contribution in [3.05, 3.63) is 0 Å². The van der Waals surface area contributed by atoms with Gasteiger partial charge >= 0.3 is 36.1 Å². The number of hydrogen-bond acceptors (Lipinski definition) is 4. The first-order valence-corrected chi connectivity index (χ1v) is 10.5. The minimum Gasteiger partial charge on any atom is -0.466 e. The lowest BCUT2D eigenvalue weighted by atomic mass is 10.1. The molecule has 0 spiro atoms. The third kappa shape index (κ3) is 10.3. The van der Waals surface area contributed by atoms with Gasteiger partial charge in [-0.15, -0.1) is 0 Å². The normalized spacial score (nSPS) is 12.8. The second kappa shape index (κ2) is 14.5. The molecule has 0 aromatic carbocycles. The van der Waals surface area contributed by atoms with Gasteiger partial charge in [0, 0.05) is 12.8 Å². The summed E-state index contributed by atoms with van der Waals surface area (Å²) >= 11 is 0. The van der Waals surface area contributed by atoms with E-state index in [1.807, 2.05) is 0 Å². The molecule has 0 amide bonds. The van der Waals surface area contributed by atoms with Crippen LogP contribution in [0.2, 0.25) is 0 Å². The lowest BCUT2D eigenvalue weighted by Gasteiger charge is -2.31. The summed E-state index contributed by atoms with van der Waals surface area (Å²) in [6, 6.07) is 0. The van der Waals surface area contributed by atoms with E-state index < -0.39 is 49.2 Å². The van der Waals surface area contributed by atoms with Crippen LogP contribution in [0.5, 0.6) is 0 Å². The summed E-state index contributed by atoms with van der Waals surface area (Å²) in [5.41, 5.74) is 0. The Labute approximate surface area is 182 Å². The SMILES string of the molecule is CCCCCCCCCOC(=O)CCCCC(=O)OCC(F)(F)C(F)(F)C(F)(F)C(F)F. The zero-order valence-corrected chi connectivity index (χ0v) is 17.9. The van der Waals surface area contributed by atoms with Crippen LogP contribution < -0.4 is 0 Å². The van der Waals surface area contributed by atoms with E-state index in [0.29, 0.717) is 6.42 Å². The third-order valence-corrected chi connectivity index (χ3v) is 4.59. The number of hydrogen-bond donors (Lipinski definition) is 0. The van der Waals surface area contributed by atoms with Crippen LogP contribution in [0.3, 0.4) is 0 Å². The number of esters is 2. The van der Waals surface area contributed by atoms with Crippen molar-refractivity contribution in [2.24, 2.45) is 0 Å². The molecular weight excluding hydrogens is 456 g/mol. The van der Waals surface area contributed by atoms with Gasteiger partial charge in [-0.25, -0.2) is 8.78 Å². The summed E-state index contributed by atoms with van der Waals surface area (Å²) in [6.07, 6.45) is 1.72. The van der Waals surface area contributed by atoms with Crippen molar-refractivity contribution in [2.75, 3.05) is 13.2 Å². The lowest BCUT2D eigenvalue weighted by Crippen LogP contribution is -2.59. The molecule has 0 bridgehead atoms. The average Bonchev–Trinajstić information content (AvgIpc) is 2.71. The highest BCUT2D eigenvalue weighted by Gasteiger charge is 2.75. The Bertz CT molecular complexity index is 556. The standard InChI is InChI=1S/C20H30F8O4/c1-2-3-4-5-6-7-10-13-31-15(29)11-8-9-12-16(30)32-14-18(23,24)20(27,28)19(25,26)17(21)22/h17H,2-14H2,1H3. The maximum atomic E-state index is 13.3. The fourth-order valence-corrected chi connectivity index (χ4v) is 2.57. The highest BCUT2D eigenvalue weighted by molar-refractivity contribution is 5.70.